The van der Waals surface area contributed by atoms with Crippen molar-refractivity contribution in [3.63, 3.8) is 0 Å². The second-order valence-electron chi connectivity index (χ2n) is 11.9. The molecule has 0 bridgehead atoms. The van der Waals surface area contributed by atoms with Crippen LogP contribution in [0, 0.1) is 0 Å². The molecule has 3 heteroatoms. The molecule has 7 aromatic carbocycles. The fourth-order valence-electron chi connectivity index (χ4n) is 7.34. The van der Waals surface area contributed by atoms with E-state index in [9.17, 15) is 0 Å². The zero-order valence-electron chi connectivity index (χ0n) is 24.7. The highest BCUT2D eigenvalue weighted by molar-refractivity contribution is 7.26. The number of hydrogen-bond acceptors (Lipinski definition) is 3. The van der Waals surface area contributed by atoms with E-state index >= 15 is 0 Å². The van der Waals surface area contributed by atoms with Crippen LogP contribution >= 0.6 is 11.3 Å². The number of fused-ring (bicyclic) bond motifs is 10. The van der Waals surface area contributed by atoms with Gasteiger partial charge in [-0.2, -0.15) is 0 Å². The minimum absolute atomic E-state index is 0.914. The molecule has 0 amide bonds. The van der Waals surface area contributed by atoms with Crippen LogP contribution in [-0.4, -0.2) is 4.98 Å². The molecule has 10 rings (SSSR count). The summed E-state index contributed by atoms with van der Waals surface area (Å²) in [6, 6.07) is 50.4. The summed E-state index contributed by atoms with van der Waals surface area (Å²) < 4.78 is 9.31. The fourth-order valence-corrected chi connectivity index (χ4v) is 8.56. The number of para-hydroxylation sites is 1. The number of furan rings is 1. The first-order valence-corrected chi connectivity index (χ1v) is 16.4. The third-order valence-corrected chi connectivity index (χ3v) is 10.6. The highest BCUT2D eigenvalue weighted by atomic mass is 32.1. The predicted octanol–water partition coefficient (Wildman–Crippen LogP) is 12.7. The van der Waals surface area contributed by atoms with Crippen LogP contribution in [0.25, 0.3) is 97.0 Å². The van der Waals surface area contributed by atoms with Crippen molar-refractivity contribution in [3.8, 4) is 33.4 Å². The monoisotopic (exact) mass is 603 g/mol. The number of rotatable bonds is 3. The molecule has 46 heavy (non-hydrogen) atoms. The Kier molecular flexibility index (Phi) is 5.48. The van der Waals surface area contributed by atoms with E-state index < -0.39 is 0 Å². The van der Waals surface area contributed by atoms with Gasteiger partial charge in [0.2, 0.25) is 0 Å². The van der Waals surface area contributed by atoms with Crippen LogP contribution in [-0.2, 0) is 0 Å². The largest absolute Gasteiger partial charge is 0.455 e. The molecule has 10 aromatic rings. The quantitative estimate of drug-likeness (QED) is 0.188. The van der Waals surface area contributed by atoms with Crippen LogP contribution in [0.4, 0.5) is 0 Å². The second-order valence-corrected chi connectivity index (χ2v) is 12.9. The summed E-state index contributed by atoms with van der Waals surface area (Å²) in [6.07, 6.45) is 3.74. The van der Waals surface area contributed by atoms with Gasteiger partial charge in [0.1, 0.15) is 11.2 Å². The van der Waals surface area contributed by atoms with Crippen molar-refractivity contribution in [2.75, 3.05) is 0 Å². The van der Waals surface area contributed by atoms with Crippen molar-refractivity contribution in [3.05, 3.63) is 152 Å². The molecule has 0 N–H and O–H groups in total. The minimum Gasteiger partial charge on any atom is -0.455 e. The molecule has 0 radical (unpaired) electrons. The lowest BCUT2D eigenvalue weighted by Gasteiger charge is -2.19. The van der Waals surface area contributed by atoms with Crippen LogP contribution in [0.15, 0.2) is 156 Å². The van der Waals surface area contributed by atoms with E-state index in [1.54, 1.807) is 0 Å². The van der Waals surface area contributed by atoms with Crippen molar-refractivity contribution in [1.82, 2.24) is 4.98 Å². The topological polar surface area (TPSA) is 26.0 Å². The van der Waals surface area contributed by atoms with Crippen LogP contribution in [0.1, 0.15) is 0 Å². The summed E-state index contributed by atoms with van der Waals surface area (Å²) in [6.45, 7) is 0. The van der Waals surface area contributed by atoms with E-state index in [0.29, 0.717) is 0 Å². The Morgan fingerprint density at radius 3 is 2.02 bits per heavy atom. The van der Waals surface area contributed by atoms with E-state index in [-0.39, 0.29) is 0 Å². The van der Waals surface area contributed by atoms with Gasteiger partial charge in [-0.25, -0.2) is 0 Å². The lowest BCUT2D eigenvalue weighted by molar-refractivity contribution is 0.673. The maximum Gasteiger partial charge on any atom is 0.143 e. The van der Waals surface area contributed by atoms with Crippen LogP contribution in [0.5, 0.6) is 0 Å². The molecule has 0 saturated heterocycles. The Bertz CT molecular complexity index is 2790. The Morgan fingerprint density at radius 2 is 1.17 bits per heavy atom. The van der Waals surface area contributed by atoms with Crippen molar-refractivity contribution in [2.45, 2.75) is 0 Å². The summed E-state index contributed by atoms with van der Waals surface area (Å²) in [5, 5.41) is 9.65. The zero-order chi connectivity index (χ0) is 30.2. The fraction of sp³-hybridized carbons (Fsp3) is 0. The first-order valence-electron chi connectivity index (χ1n) is 15.5. The minimum atomic E-state index is 0.914. The van der Waals surface area contributed by atoms with Crippen LogP contribution < -0.4 is 0 Å². The average molecular weight is 604 g/mol. The molecule has 3 heterocycles. The molecule has 0 spiro atoms. The number of aromatic nitrogens is 1. The first kappa shape index (κ1) is 25.5. The molecule has 0 atom stereocenters. The average Bonchev–Trinajstić information content (AvgIpc) is 3.70. The van der Waals surface area contributed by atoms with Crippen molar-refractivity contribution in [2.24, 2.45) is 0 Å². The molecular weight excluding hydrogens is 579 g/mol. The third-order valence-electron chi connectivity index (χ3n) is 9.37. The van der Waals surface area contributed by atoms with Crippen molar-refractivity contribution < 1.29 is 4.42 Å². The molecule has 0 saturated carbocycles. The first-order chi connectivity index (χ1) is 22.8. The predicted molar refractivity (Wildman–Crippen MR) is 196 cm³/mol. The molecule has 3 aromatic heterocycles. The summed E-state index contributed by atoms with van der Waals surface area (Å²) in [7, 11) is 0. The molecule has 0 aliphatic carbocycles. The second kappa shape index (κ2) is 9.87. The normalized spacial score (nSPS) is 11.9. The van der Waals surface area contributed by atoms with Gasteiger partial charge in [-0.1, -0.05) is 115 Å². The molecule has 0 fully saturated rings. The molecule has 0 aliphatic heterocycles. The Balaban J connectivity index is 1.38. The maximum atomic E-state index is 6.71. The van der Waals surface area contributed by atoms with Crippen molar-refractivity contribution in [1.29, 1.82) is 0 Å². The summed E-state index contributed by atoms with van der Waals surface area (Å²) in [5.41, 5.74) is 9.03. The van der Waals surface area contributed by atoms with Gasteiger partial charge in [0, 0.05) is 54.3 Å². The Labute approximate surface area is 268 Å². The van der Waals surface area contributed by atoms with Gasteiger partial charge in [0.05, 0.1) is 0 Å². The standard InChI is InChI=1S/C43H25NOS/c1-2-13-32-31(12-1)39(27-20-18-26(19-21-27)28-9-8-24-44-25-28)40(36-15-7-14-34-30-11-4-6-17-38(30)46-43(34)36)35-23-22-33-29-10-3-5-16-37(29)45-42(33)41(32)35/h1-25H. The lowest BCUT2D eigenvalue weighted by Crippen LogP contribution is -1.92. The van der Waals surface area contributed by atoms with Gasteiger partial charge in [0.25, 0.3) is 0 Å². The van der Waals surface area contributed by atoms with E-state index in [0.717, 1.165) is 38.5 Å². The van der Waals surface area contributed by atoms with Gasteiger partial charge in [-0.15, -0.1) is 11.3 Å². The van der Waals surface area contributed by atoms with Crippen LogP contribution in [0.3, 0.4) is 0 Å². The van der Waals surface area contributed by atoms with E-state index in [1.807, 2.05) is 35.9 Å². The molecule has 0 aliphatic rings. The summed E-state index contributed by atoms with van der Waals surface area (Å²) in [5.74, 6) is 0. The maximum absolute atomic E-state index is 6.71. The number of thiophene rings is 1. The van der Waals surface area contributed by atoms with E-state index in [2.05, 4.69) is 132 Å². The highest BCUT2D eigenvalue weighted by Crippen LogP contribution is 2.50. The number of benzene rings is 7. The van der Waals surface area contributed by atoms with Crippen LogP contribution in [0.2, 0.25) is 0 Å². The lowest BCUT2D eigenvalue weighted by atomic mass is 9.84. The Hall–Kier alpha value is -5.77. The number of nitrogens with zero attached hydrogens (tertiary/aromatic N) is 1. The summed E-state index contributed by atoms with van der Waals surface area (Å²) in [4.78, 5) is 4.35. The van der Waals surface area contributed by atoms with E-state index in [1.165, 1.54) is 58.6 Å². The third kappa shape index (κ3) is 3.67. The van der Waals surface area contributed by atoms with Gasteiger partial charge in [-0.3, -0.25) is 4.98 Å². The number of hydrogen-bond donors (Lipinski definition) is 0. The van der Waals surface area contributed by atoms with Gasteiger partial charge < -0.3 is 4.42 Å². The number of pyridine rings is 1. The zero-order valence-corrected chi connectivity index (χ0v) is 25.5. The summed E-state index contributed by atoms with van der Waals surface area (Å²) >= 11 is 1.88. The molecular formula is C43H25NOS. The highest BCUT2D eigenvalue weighted by Gasteiger charge is 2.23. The van der Waals surface area contributed by atoms with Gasteiger partial charge in [0.15, 0.2) is 0 Å². The SMILES string of the molecule is c1cncc(-c2ccc(-c3c(-c4cccc5c4sc4ccccc45)c4ccc5c6ccccc6oc5c4c4ccccc34)cc2)c1. The molecule has 2 nitrogen and oxygen atoms in total. The van der Waals surface area contributed by atoms with Crippen molar-refractivity contribution >= 4 is 75.0 Å². The molecule has 214 valence electrons. The molecule has 0 unspecified atom stereocenters. The Morgan fingerprint density at radius 1 is 0.457 bits per heavy atom. The smallest absolute Gasteiger partial charge is 0.143 e. The van der Waals surface area contributed by atoms with E-state index in [4.69, 9.17) is 4.42 Å². The van der Waals surface area contributed by atoms with Gasteiger partial charge >= 0.3 is 0 Å². The van der Waals surface area contributed by atoms with Gasteiger partial charge in [-0.05, 0) is 68.2 Å².